The molecule has 0 amide bonds. The summed E-state index contributed by atoms with van der Waals surface area (Å²) in [6, 6.07) is 5.76. The standard InChI is InChI=1S/C14H13FN4O2/c1-3-17-13-12(20-2)14(19-8-18-13)21-11-5-4-9(7-16)6-10(11)15/h4-6,8H,3H2,1-2H3,(H,17,18,19). The molecule has 0 fully saturated rings. The molecule has 0 unspecified atom stereocenters. The lowest BCUT2D eigenvalue weighted by molar-refractivity contribution is 0.360. The SMILES string of the molecule is CCNc1ncnc(Oc2ccc(C#N)cc2F)c1OC. The summed E-state index contributed by atoms with van der Waals surface area (Å²) in [6.07, 6.45) is 1.29. The first-order valence-electron chi connectivity index (χ1n) is 6.20. The second-order valence-electron chi connectivity index (χ2n) is 3.95. The summed E-state index contributed by atoms with van der Waals surface area (Å²) in [5.74, 6) is 0.127. The maximum absolute atomic E-state index is 13.8. The first kappa shape index (κ1) is 14.5. The van der Waals surface area contributed by atoms with Crippen molar-refractivity contribution in [3.05, 3.63) is 35.9 Å². The van der Waals surface area contributed by atoms with Crippen molar-refractivity contribution < 1.29 is 13.9 Å². The lowest BCUT2D eigenvalue weighted by Crippen LogP contribution is -2.04. The fourth-order valence-electron chi connectivity index (χ4n) is 1.66. The number of rotatable bonds is 5. The van der Waals surface area contributed by atoms with Crippen molar-refractivity contribution in [3.8, 4) is 23.4 Å². The molecule has 0 bridgehead atoms. The molecule has 0 atom stereocenters. The molecule has 6 nitrogen and oxygen atoms in total. The Hall–Kier alpha value is -2.88. The van der Waals surface area contributed by atoms with Crippen LogP contribution < -0.4 is 14.8 Å². The van der Waals surface area contributed by atoms with Gasteiger partial charge in [0.2, 0.25) is 5.75 Å². The van der Waals surface area contributed by atoms with Gasteiger partial charge in [-0.05, 0) is 25.1 Å². The van der Waals surface area contributed by atoms with Crippen LogP contribution in [-0.4, -0.2) is 23.6 Å². The number of anilines is 1. The van der Waals surface area contributed by atoms with Gasteiger partial charge < -0.3 is 14.8 Å². The van der Waals surface area contributed by atoms with Gasteiger partial charge in [-0.25, -0.2) is 9.37 Å². The van der Waals surface area contributed by atoms with Gasteiger partial charge in [0.15, 0.2) is 17.4 Å². The number of hydrogen-bond donors (Lipinski definition) is 1. The van der Waals surface area contributed by atoms with Crippen molar-refractivity contribution in [3.63, 3.8) is 0 Å². The topological polar surface area (TPSA) is 80.1 Å². The molecule has 21 heavy (non-hydrogen) atoms. The lowest BCUT2D eigenvalue weighted by Gasteiger charge is -2.12. The molecule has 0 aliphatic carbocycles. The van der Waals surface area contributed by atoms with Crippen LogP contribution in [0.1, 0.15) is 12.5 Å². The molecule has 1 aromatic carbocycles. The van der Waals surface area contributed by atoms with Crippen LogP contribution >= 0.6 is 0 Å². The van der Waals surface area contributed by atoms with Gasteiger partial charge in [-0.3, -0.25) is 0 Å². The minimum Gasteiger partial charge on any atom is -0.489 e. The third-order valence-corrected chi connectivity index (χ3v) is 2.59. The Kier molecular flexibility index (Phi) is 4.51. The van der Waals surface area contributed by atoms with Gasteiger partial charge in [0.25, 0.3) is 5.88 Å². The van der Waals surface area contributed by atoms with E-state index in [1.807, 2.05) is 13.0 Å². The predicted octanol–water partition coefficient (Wildman–Crippen LogP) is 2.72. The van der Waals surface area contributed by atoms with Crippen molar-refractivity contribution >= 4 is 5.82 Å². The molecule has 0 spiro atoms. The van der Waals surface area contributed by atoms with Crippen molar-refractivity contribution in [1.29, 1.82) is 5.26 Å². The Morgan fingerprint density at radius 3 is 2.81 bits per heavy atom. The normalized spacial score (nSPS) is 9.81. The van der Waals surface area contributed by atoms with Crippen molar-refractivity contribution in [2.45, 2.75) is 6.92 Å². The average molecular weight is 288 g/mol. The highest BCUT2D eigenvalue weighted by Crippen LogP contribution is 2.34. The van der Waals surface area contributed by atoms with Crippen molar-refractivity contribution in [2.75, 3.05) is 19.0 Å². The van der Waals surface area contributed by atoms with Gasteiger partial charge in [-0.15, -0.1) is 0 Å². The molecule has 108 valence electrons. The molecule has 0 saturated heterocycles. The molecule has 0 radical (unpaired) electrons. The number of nitriles is 1. The molecule has 2 rings (SSSR count). The van der Waals surface area contributed by atoms with E-state index >= 15 is 0 Å². The van der Waals surface area contributed by atoms with Crippen LogP contribution in [-0.2, 0) is 0 Å². The highest BCUT2D eigenvalue weighted by Gasteiger charge is 2.15. The predicted molar refractivity (Wildman–Crippen MR) is 73.9 cm³/mol. The molecule has 7 heteroatoms. The fourth-order valence-corrected chi connectivity index (χ4v) is 1.66. The summed E-state index contributed by atoms with van der Waals surface area (Å²) in [5.41, 5.74) is 0.211. The smallest absolute Gasteiger partial charge is 0.268 e. The van der Waals surface area contributed by atoms with Gasteiger partial charge in [0.1, 0.15) is 6.33 Å². The van der Waals surface area contributed by atoms with Gasteiger partial charge in [0.05, 0.1) is 18.7 Å². The van der Waals surface area contributed by atoms with E-state index in [9.17, 15) is 4.39 Å². The zero-order chi connectivity index (χ0) is 15.2. The Morgan fingerprint density at radius 1 is 1.38 bits per heavy atom. The Morgan fingerprint density at radius 2 is 2.19 bits per heavy atom. The van der Waals surface area contributed by atoms with E-state index in [1.165, 1.54) is 25.6 Å². The summed E-state index contributed by atoms with van der Waals surface area (Å²) in [6.45, 7) is 2.54. The van der Waals surface area contributed by atoms with Crippen LogP contribution in [0.25, 0.3) is 0 Å². The third-order valence-electron chi connectivity index (χ3n) is 2.59. The van der Waals surface area contributed by atoms with Crippen LogP contribution in [0.3, 0.4) is 0 Å². The number of ether oxygens (including phenoxy) is 2. The summed E-state index contributed by atoms with van der Waals surface area (Å²) in [5, 5.41) is 11.7. The Labute approximate surface area is 121 Å². The largest absolute Gasteiger partial charge is 0.489 e. The maximum Gasteiger partial charge on any atom is 0.268 e. The highest BCUT2D eigenvalue weighted by molar-refractivity contribution is 5.56. The van der Waals surface area contributed by atoms with Crippen LogP contribution in [0.5, 0.6) is 17.4 Å². The van der Waals surface area contributed by atoms with E-state index in [0.717, 1.165) is 6.07 Å². The van der Waals surface area contributed by atoms with Crippen molar-refractivity contribution in [2.24, 2.45) is 0 Å². The first-order chi connectivity index (χ1) is 10.2. The molecule has 1 N–H and O–H groups in total. The van der Waals surface area contributed by atoms with E-state index in [0.29, 0.717) is 12.4 Å². The Bertz CT molecular complexity index is 685. The molecular weight excluding hydrogens is 275 g/mol. The van der Waals surface area contributed by atoms with E-state index in [4.69, 9.17) is 14.7 Å². The maximum atomic E-state index is 13.8. The summed E-state index contributed by atoms with van der Waals surface area (Å²) >= 11 is 0. The number of nitrogens with one attached hydrogen (secondary N) is 1. The molecule has 0 aliphatic rings. The zero-order valence-corrected chi connectivity index (χ0v) is 11.6. The number of aromatic nitrogens is 2. The first-order valence-corrected chi connectivity index (χ1v) is 6.20. The van der Waals surface area contributed by atoms with Gasteiger partial charge in [-0.2, -0.15) is 10.2 Å². The second-order valence-corrected chi connectivity index (χ2v) is 3.95. The zero-order valence-electron chi connectivity index (χ0n) is 11.6. The second kappa shape index (κ2) is 6.52. The fraction of sp³-hybridized carbons (Fsp3) is 0.214. The van der Waals surface area contributed by atoms with E-state index < -0.39 is 5.82 Å². The monoisotopic (exact) mass is 288 g/mol. The van der Waals surface area contributed by atoms with Crippen LogP contribution in [0, 0.1) is 17.1 Å². The number of nitrogens with zero attached hydrogens (tertiary/aromatic N) is 3. The van der Waals surface area contributed by atoms with Crippen molar-refractivity contribution in [1.82, 2.24) is 9.97 Å². The molecule has 1 heterocycles. The third kappa shape index (κ3) is 3.17. The lowest BCUT2D eigenvalue weighted by atomic mass is 10.2. The summed E-state index contributed by atoms with van der Waals surface area (Å²) in [4.78, 5) is 7.97. The van der Waals surface area contributed by atoms with Gasteiger partial charge in [-0.1, -0.05) is 0 Å². The summed E-state index contributed by atoms with van der Waals surface area (Å²) < 4.78 is 24.4. The quantitative estimate of drug-likeness (QED) is 0.911. The van der Waals surface area contributed by atoms with Gasteiger partial charge in [0, 0.05) is 6.54 Å². The number of hydrogen-bond acceptors (Lipinski definition) is 6. The minimum absolute atomic E-state index is 0.0477. The van der Waals surface area contributed by atoms with Gasteiger partial charge >= 0.3 is 0 Å². The number of methoxy groups -OCH3 is 1. The van der Waals surface area contributed by atoms with E-state index in [1.54, 1.807) is 0 Å². The average Bonchev–Trinajstić information content (AvgIpc) is 2.50. The minimum atomic E-state index is -0.653. The van der Waals surface area contributed by atoms with E-state index in [2.05, 4.69) is 15.3 Å². The van der Waals surface area contributed by atoms with Crippen LogP contribution in [0.2, 0.25) is 0 Å². The number of benzene rings is 1. The highest BCUT2D eigenvalue weighted by atomic mass is 19.1. The molecule has 1 aromatic heterocycles. The molecule has 0 saturated carbocycles. The van der Waals surface area contributed by atoms with Crippen LogP contribution in [0.4, 0.5) is 10.2 Å². The molecule has 0 aliphatic heterocycles. The number of halogens is 1. The molecule has 2 aromatic rings. The molecular formula is C14H13FN4O2. The van der Waals surface area contributed by atoms with Crippen LogP contribution in [0.15, 0.2) is 24.5 Å². The summed E-state index contributed by atoms with van der Waals surface area (Å²) in [7, 11) is 1.45. The Balaban J connectivity index is 2.35. The van der Waals surface area contributed by atoms with E-state index in [-0.39, 0.29) is 22.9 Å².